The minimum atomic E-state index is -3.70. The summed E-state index contributed by atoms with van der Waals surface area (Å²) < 4.78 is 26.3. The first-order valence-corrected chi connectivity index (χ1v) is 8.36. The van der Waals surface area contributed by atoms with E-state index in [1.54, 1.807) is 43.3 Å². The van der Waals surface area contributed by atoms with Gasteiger partial charge in [-0.15, -0.1) is 0 Å². The summed E-state index contributed by atoms with van der Waals surface area (Å²) in [5.74, 6) is -0.468. The Labute approximate surface area is 134 Å². The average Bonchev–Trinajstić information content (AvgIpc) is 2.51. The monoisotopic (exact) mass is 338 g/mol. The molecule has 2 aromatic carbocycles. The second-order valence-corrected chi connectivity index (χ2v) is 6.77. The Morgan fingerprint density at radius 2 is 1.77 bits per heavy atom. The molecule has 0 atom stereocenters. The van der Waals surface area contributed by atoms with Gasteiger partial charge >= 0.3 is 0 Å². The van der Waals surface area contributed by atoms with Crippen LogP contribution in [0.25, 0.3) is 0 Å². The summed E-state index contributed by atoms with van der Waals surface area (Å²) in [6, 6.07) is 13.0. The van der Waals surface area contributed by atoms with Crippen molar-refractivity contribution in [3.8, 4) is 0 Å². The number of benzene rings is 2. The Morgan fingerprint density at radius 3 is 2.45 bits per heavy atom. The van der Waals surface area contributed by atoms with Crippen LogP contribution in [-0.4, -0.2) is 20.9 Å². The Balaban J connectivity index is 2.00. The number of amides is 1. The van der Waals surface area contributed by atoms with Crippen LogP contribution in [0.15, 0.2) is 53.4 Å². The molecule has 2 aromatic rings. The van der Waals surface area contributed by atoms with Gasteiger partial charge in [-0.25, -0.2) is 13.1 Å². The minimum absolute atomic E-state index is 0.113. The van der Waals surface area contributed by atoms with E-state index in [2.05, 4.69) is 10.0 Å². The molecule has 0 saturated heterocycles. The van der Waals surface area contributed by atoms with Crippen LogP contribution in [0.3, 0.4) is 0 Å². The lowest BCUT2D eigenvalue weighted by Gasteiger charge is -2.10. The molecule has 22 heavy (non-hydrogen) atoms. The van der Waals surface area contributed by atoms with E-state index in [1.807, 2.05) is 0 Å². The number of halogens is 1. The lowest BCUT2D eigenvalue weighted by molar-refractivity contribution is -0.115. The highest BCUT2D eigenvalue weighted by Crippen LogP contribution is 2.22. The number of sulfonamides is 1. The number of rotatable bonds is 5. The zero-order chi connectivity index (χ0) is 16.2. The van der Waals surface area contributed by atoms with Crippen molar-refractivity contribution in [1.82, 2.24) is 4.72 Å². The van der Waals surface area contributed by atoms with Gasteiger partial charge in [0.25, 0.3) is 0 Å². The molecule has 0 aliphatic heterocycles. The predicted molar refractivity (Wildman–Crippen MR) is 86.4 cm³/mol. The third kappa shape index (κ3) is 4.07. The van der Waals surface area contributed by atoms with Gasteiger partial charge < -0.3 is 5.32 Å². The number of hydrogen-bond acceptors (Lipinski definition) is 3. The molecule has 0 unspecified atom stereocenters. The summed E-state index contributed by atoms with van der Waals surface area (Å²) in [5, 5.41) is 3.15. The molecule has 2 rings (SSSR count). The van der Waals surface area contributed by atoms with Crippen molar-refractivity contribution in [2.24, 2.45) is 0 Å². The molecule has 5 nitrogen and oxygen atoms in total. The van der Waals surface area contributed by atoms with Crippen LogP contribution >= 0.6 is 11.6 Å². The van der Waals surface area contributed by atoms with Gasteiger partial charge in [-0.3, -0.25) is 4.79 Å². The summed E-state index contributed by atoms with van der Waals surface area (Å²) in [4.78, 5) is 12.0. The number of carbonyl (C=O) groups is 1. The zero-order valence-corrected chi connectivity index (χ0v) is 13.4. The summed E-state index contributed by atoms with van der Waals surface area (Å²) >= 11 is 5.96. The fourth-order valence-corrected chi connectivity index (χ4v) is 2.96. The molecule has 0 heterocycles. The van der Waals surface area contributed by atoms with E-state index in [1.165, 1.54) is 12.1 Å². The average molecular weight is 339 g/mol. The minimum Gasteiger partial charge on any atom is -0.325 e. The molecule has 0 bridgehead atoms. The van der Waals surface area contributed by atoms with Gasteiger partial charge in [0.1, 0.15) is 0 Å². The van der Waals surface area contributed by atoms with Gasteiger partial charge in [-0.1, -0.05) is 35.9 Å². The lowest BCUT2D eigenvalue weighted by Crippen LogP contribution is -2.33. The van der Waals surface area contributed by atoms with Crippen LogP contribution in [0.4, 0.5) is 5.69 Å². The number of anilines is 1. The van der Waals surface area contributed by atoms with Crippen molar-refractivity contribution in [2.45, 2.75) is 11.8 Å². The Hall–Kier alpha value is -1.89. The van der Waals surface area contributed by atoms with Crippen molar-refractivity contribution in [3.05, 3.63) is 59.1 Å². The van der Waals surface area contributed by atoms with Crippen molar-refractivity contribution in [3.63, 3.8) is 0 Å². The summed E-state index contributed by atoms with van der Waals surface area (Å²) in [6.45, 7) is 1.41. The third-order valence-electron chi connectivity index (χ3n) is 3.02. The fourth-order valence-electron chi connectivity index (χ4n) is 1.78. The number of nitrogens with one attached hydrogen (secondary N) is 2. The maximum absolute atomic E-state index is 12.0. The Bertz CT molecular complexity index is 777. The molecule has 0 aromatic heterocycles. The maximum atomic E-state index is 12.0. The molecule has 116 valence electrons. The van der Waals surface area contributed by atoms with Crippen molar-refractivity contribution in [2.75, 3.05) is 11.9 Å². The van der Waals surface area contributed by atoms with E-state index in [0.717, 1.165) is 5.56 Å². The summed E-state index contributed by atoms with van der Waals surface area (Å²) in [6.07, 6.45) is 0. The standard InChI is InChI=1S/C15H15ClN2O3S/c1-11-13(16)8-5-9-14(11)18-15(19)10-17-22(20,21)12-6-3-2-4-7-12/h2-9,17H,10H2,1H3,(H,18,19). The highest BCUT2D eigenvalue weighted by molar-refractivity contribution is 7.89. The molecule has 0 saturated carbocycles. The van der Waals surface area contributed by atoms with Gasteiger partial charge in [-0.2, -0.15) is 0 Å². The molecule has 0 spiro atoms. The number of hydrogen-bond donors (Lipinski definition) is 2. The van der Waals surface area contributed by atoms with Crippen molar-refractivity contribution < 1.29 is 13.2 Å². The van der Waals surface area contributed by atoms with Crippen LogP contribution < -0.4 is 10.0 Å². The van der Waals surface area contributed by atoms with Crippen LogP contribution in [0.5, 0.6) is 0 Å². The molecule has 0 aliphatic carbocycles. The first-order chi connectivity index (χ1) is 10.4. The Kier molecular flexibility index (Phi) is 5.18. The first-order valence-electron chi connectivity index (χ1n) is 6.50. The van der Waals surface area contributed by atoms with Crippen LogP contribution in [0.2, 0.25) is 5.02 Å². The predicted octanol–water partition coefficient (Wildman–Crippen LogP) is 2.57. The van der Waals surface area contributed by atoms with Crippen molar-refractivity contribution in [1.29, 1.82) is 0 Å². The van der Waals surface area contributed by atoms with E-state index in [-0.39, 0.29) is 11.4 Å². The Morgan fingerprint density at radius 1 is 1.09 bits per heavy atom. The second-order valence-electron chi connectivity index (χ2n) is 4.60. The van der Waals surface area contributed by atoms with E-state index < -0.39 is 15.9 Å². The topological polar surface area (TPSA) is 75.3 Å². The normalized spacial score (nSPS) is 11.2. The maximum Gasteiger partial charge on any atom is 0.241 e. The lowest BCUT2D eigenvalue weighted by atomic mass is 10.2. The number of carbonyl (C=O) groups excluding carboxylic acids is 1. The van der Waals surface area contributed by atoms with Crippen LogP contribution in [0, 0.1) is 6.92 Å². The van der Waals surface area contributed by atoms with Gasteiger partial charge in [-0.05, 0) is 36.8 Å². The van der Waals surface area contributed by atoms with E-state index in [9.17, 15) is 13.2 Å². The highest BCUT2D eigenvalue weighted by atomic mass is 35.5. The van der Waals surface area contributed by atoms with Crippen LogP contribution in [0.1, 0.15) is 5.56 Å². The van der Waals surface area contributed by atoms with Crippen LogP contribution in [-0.2, 0) is 14.8 Å². The summed E-state index contributed by atoms with van der Waals surface area (Å²) in [7, 11) is -3.70. The molecule has 1 amide bonds. The van der Waals surface area contributed by atoms with Crippen molar-refractivity contribution >= 4 is 33.2 Å². The molecule has 0 radical (unpaired) electrons. The molecule has 0 fully saturated rings. The van der Waals surface area contributed by atoms with Gasteiger partial charge in [0.2, 0.25) is 15.9 Å². The first kappa shape index (κ1) is 16.5. The molecular weight excluding hydrogens is 324 g/mol. The molecule has 7 heteroatoms. The second kappa shape index (κ2) is 6.91. The largest absolute Gasteiger partial charge is 0.325 e. The third-order valence-corrected chi connectivity index (χ3v) is 4.84. The molecule has 2 N–H and O–H groups in total. The zero-order valence-electron chi connectivity index (χ0n) is 11.8. The fraction of sp³-hybridized carbons (Fsp3) is 0.133. The van der Waals surface area contributed by atoms with Gasteiger partial charge in [0.05, 0.1) is 11.4 Å². The quantitative estimate of drug-likeness (QED) is 0.879. The molecule has 0 aliphatic rings. The van der Waals surface area contributed by atoms with E-state index in [0.29, 0.717) is 10.7 Å². The van der Waals surface area contributed by atoms with E-state index >= 15 is 0 Å². The van der Waals surface area contributed by atoms with Gasteiger partial charge in [0.15, 0.2) is 0 Å². The summed E-state index contributed by atoms with van der Waals surface area (Å²) in [5.41, 5.74) is 1.28. The molecular formula is C15H15ClN2O3S. The smallest absolute Gasteiger partial charge is 0.241 e. The SMILES string of the molecule is Cc1c(Cl)cccc1NC(=O)CNS(=O)(=O)c1ccccc1. The highest BCUT2D eigenvalue weighted by Gasteiger charge is 2.15. The van der Waals surface area contributed by atoms with Gasteiger partial charge in [0, 0.05) is 10.7 Å². The van der Waals surface area contributed by atoms with E-state index in [4.69, 9.17) is 11.6 Å².